The van der Waals surface area contributed by atoms with Crippen LogP contribution < -0.4 is 0 Å². The Hall–Kier alpha value is -2.70. The molecule has 4 fully saturated rings. The van der Waals surface area contributed by atoms with Crippen LogP contribution in [0.25, 0.3) is 0 Å². The number of halogens is 1. The highest BCUT2D eigenvalue weighted by Crippen LogP contribution is 2.63. The van der Waals surface area contributed by atoms with E-state index in [2.05, 4.69) is 6.58 Å². The average molecular weight is 671 g/mol. The Kier molecular flexibility index (Phi) is 10.3. The van der Waals surface area contributed by atoms with Crippen molar-refractivity contribution < 1.29 is 57.5 Å². The van der Waals surface area contributed by atoms with Crippen molar-refractivity contribution in [2.24, 2.45) is 29.1 Å². The standard InChI is InChI=1S/C33H47ClO12/c1-15(2)12-24(37)44-23-13-22(42-19(7)35)31(9)21(45-29(38)16(3)4)11-10-17(5)25(34)27-33(40,18(6)30(39)46-27)28(43-20(8)36)26(31)32(23)14-41-32/h15-16,18,21-23,25-28,40H,5,10-14H2,1-4,6-9H3/t18-,21-,22-,23+,25-,26+,27-,28-,31-,32+,33-/m0/s1. The summed E-state index contributed by atoms with van der Waals surface area (Å²) in [6, 6.07) is 0. The van der Waals surface area contributed by atoms with Gasteiger partial charge in [-0.2, -0.15) is 0 Å². The molecule has 0 unspecified atom stereocenters. The molecule has 2 heterocycles. The van der Waals surface area contributed by atoms with Crippen molar-refractivity contribution in [1.82, 2.24) is 0 Å². The van der Waals surface area contributed by atoms with Gasteiger partial charge in [0.15, 0.2) is 11.7 Å². The lowest BCUT2D eigenvalue weighted by atomic mass is 9.51. The van der Waals surface area contributed by atoms with Gasteiger partial charge in [0, 0.05) is 32.6 Å². The maximum Gasteiger partial charge on any atom is 0.312 e. The normalized spacial score (nSPS) is 40.4. The predicted octanol–water partition coefficient (Wildman–Crippen LogP) is 3.42. The van der Waals surface area contributed by atoms with Crippen molar-refractivity contribution in [3.8, 4) is 0 Å². The van der Waals surface area contributed by atoms with Crippen molar-refractivity contribution in [2.45, 2.75) is 128 Å². The molecular weight excluding hydrogens is 624 g/mol. The topological polar surface area (TPSA) is 164 Å². The third-order valence-corrected chi connectivity index (χ3v) is 10.6. The first-order chi connectivity index (χ1) is 21.3. The highest BCUT2D eigenvalue weighted by Gasteiger charge is 2.78. The van der Waals surface area contributed by atoms with Crippen molar-refractivity contribution >= 4 is 41.4 Å². The molecule has 2 aliphatic carbocycles. The molecule has 258 valence electrons. The third-order valence-electron chi connectivity index (χ3n) is 10.1. The van der Waals surface area contributed by atoms with E-state index in [0.717, 1.165) is 6.92 Å². The highest BCUT2D eigenvalue weighted by molar-refractivity contribution is 6.23. The van der Waals surface area contributed by atoms with E-state index in [1.54, 1.807) is 20.8 Å². The van der Waals surface area contributed by atoms with Gasteiger partial charge in [0.1, 0.15) is 30.0 Å². The van der Waals surface area contributed by atoms with E-state index >= 15 is 0 Å². The minimum atomic E-state index is -2.27. The van der Waals surface area contributed by atoms with Crippen molar-refractivity contribution in [3.63, 3.8) is 0 Å². The second kappa shape index (κ2) is 13.1. The molecule has 4 aliphatic rings. The molecule has 11 atom stereocenters. The fourth-order valence-electron chi connectivity index (χ4n) is 7.59. The molecular formula is C33H47ClO12. The Balaban J connectivity index is 2.04. The van der Waals surface area contributed by atoms with Crippen LogP contribution in [0.15, 0.2) is 12.2 Å². The fourth-order valence-corrected chi connectivity index (χ4v) is 7.95. The molecule has 13 heteroatoms. The minimum Gasteiger partial charge on any atom is -0.462 e. The SMILES string of the molecule is C=C1CC[C@H](OC(=O)C(C)C)[C@@]2(C)[C@@H](OC(C)=O)C[C@@H](OC(=O)CC(C)C)[C@]3(CO3)[C@@H]2[C@H](OC(C)=O)[C@]2(O)[C@@H](C)C(=O)O[C@H]2[C@H]1Cl. The van der Waals surface area contributed by atoms with Gasteiger partial charge in [-0.3, -0.25) is 24.0 Å². The molecule has 0 aromatic carbocycles. The third kappa shape index (κ3) is 6.29. The van der Waals surface area contributed by atoms with Crippen LogP contribution in [-0.4, -0.2) is 88.7 Å². The van der Waals surface area contributed by atoms with Gasteiger partial charge in [-0.25, -0.2) is 0 Å². The van der Waals surface area contributed by atoms with Crippen LogP contribution in [0, 0.1) is 29.1 Å². The van der Waals surface area contributed by atoms with Crippen LogP contribution in [-0.2, 0) is 52.4 Å². The maximum atomic E-state index is 13.3. The monoisotopic (exact) mass is 670 g/mol. The van der Waals surface area contributed by atoms with Gasteiger partial charge in [-0.1, -0.05) is 46.8 Å². The molecule has 1 N–H and O–H groups in total. The summed E-state index contributed by atoms with van der Waals surface area (Å²) in [6.45, 7) is 16.7. The van der Waals surface area contributed by atoms with E-state index in [1.807, 2.05) is 13.8 Å². The summed E-state index contributed by atoms with van der Waals surface area (Å²) in [7, 11) is 0. The van der Waals surface area contributed by atoms with E-state index in [4.69, 9.17) is 40.0 Å². The van der Waals surface area contributed by atoms with E-state index in [0.29, 0.717) is 5.57 Å². The summed E-state index contributed by atoms with van der Waals surface area (Å²) in [5.74, 6) is -6.29. The number of aliphatic hydroxyl groups is 1. The van der Waals surface area contributed by atoms with Gasteiger partial charge in [0.05, 0.1) is 29.2 Å². The van der Waals surface area contributed by atoms with Crippen LogP contribution >= 0.6 is 11.6 Å². The number of esters is 5. The average Bonchev–Trinajstić information content (AvgIpc) is 3.69. The van der Waals surface area contributed by atoms with E-state index < -0.39 is 100 Å². The molecule has 0 aromatic heterocycles. The zero-order valence-corrected chi connectivity index (χ0v) is 28.6. The van der Waals surface area contributed by atoms with Crippen LogP contribution in [0.1, 0.15) is 81.1 Å². The minimum absolute atomic E-state index is 0.00320. The van der Waals surface area contributed by atoms with Crippen LogP contribution in [0.5, 0.6) is 0 Å². The van der Waals surface area contributed by atoms with Crippen LogP contribution in [0.3, 0.4) is 0 Å². The smallest absolute Gasteiger partial charge is 0.312 e. The molecule has 4 rings (SSSR count). The number of alkyl halides is 1. The van der Waals surface area contributed by atoms with Crippen molar-refractivity contribution in [2.75, 3.05) is 6.61 Å². The molecule has 1 spiro atoms. The lowest BCUT2D eigenvalue weighted by Crippen LogP contribution is -2.72. The largest absolute Gasteiger partial charge is 0.462 e. The number of carbonyl (C=O) groups is 5. The molecule has 0 radical (unpaired) electrons. The number of ether oxygens (including phenoxy) is 6. The molecule has 0 amide bonds. The lowest BCUT2D eigenvalue weighted by molar-refractivity contribution is -0.260. The Morgan fingerprint density at radius 1 is 1.02 bits per heavy atom. The van der Waals surface area contributed by atoms with Gasteiger partial charge in [0.2, 0.25) is 0 Å². The van der Waals surface area contributed by atoms with Crippen LogP contribution in [0.2, 0.25) is 0 Å². The summed E-state index contributed by atoms with van der Waals surface area (Å²) in [4.78, 5) is 65.2. The Bertz CT molecular complexity index is 1260. The molecule has 2 saturated carbocycles. The molecule has 46 heavy (non-hydrogen) atoms. The highest BCUT2D eigenvalue weighted by atomic mass is 35.5. The van der Waals surface area contributed by atoms with Gasteiger partial charge in [0.25, 0.3) is 0 Å². The summed E-state index contributed by atoms with van der Waals surface area (Å²) < 4.78 is 36.1. The lowest BCUT2D eigenvalue weighted by Gasteiger charge is -2.58. The summed E-state index contributed by atoms with van der Waals surface area (Å²) in [6.07, 6.45) is -5.80. The number of rotatable bonds is 7. The molecule has 0 bridgehead atoms. The Labute approximate surface area is 274 Å². The quantitative estimate of drug-likeness (QED) is 0.138. The first-order valence-electron chi connectivity index (χ1n) is 15.9. The Morgan fingerprint density at radius 2 is 1.63 bits per heavy atom. The summed E-state index contributed by atoms with van der Waals surface area (Å²) in [5.41, 5.74) is -4.72. The first kappa shape index (κ1) is 36.1. The summed E-state index contributed by atoms with van der Waals surface area (Å²) in [5, 5.41) is 11.6. The first-order valence-corrected chi connectivity index (χ1v) is 16.4. The van der Waals surface area contributed by atoms with Crippen LogP contribution in [0.4, 0.5) is 0 Å². The molecule has 12 nitrogen and oxygen atoms in total. The second-order valence-corrected chi connectivity index (χ2v) is 14.6. The molecule has 2 aliphatic heterocycles. The van der Waals surface area contributed by atoms with Gasteiger partial charge < -0.3 is 33.5 Å². The zero-order valence-electron chi connectivity index (χ0n) is 27.8. The van der Waals surface area contributed by atoms with Crippen molar-refractivity contribution in [3.05, 3.63) is 12.2 Å². The van der Waals surface area contributed by atoms with Gasteiger partial charge in [-0.15, -0.1) is 11.6 Å². The second-order valence-electron chi connectivity index (χ2n) is 14.2. The number of epoxide rings is 1. The van der Waals surface area contributed by atoms with Gasteiger partial charge in [-0.05, 0) is 25.7 Å². The van der Waals surface area contributed by atoms with E-state index in [-0.39, 0.29) is 38.2 Å². The van der Waals surface area contributed by atoms with E-state index in [9.17, 15) is 29.1 Å². The Morgan fingerprint density at radius 3 is 2.15 bits per heavy atom. The van der Waals surface area contributed by atoms with Gasteiger partial charge >= 0.3 is 29.8 Å². The molecule has 0 aromatic rings. The number of hydrogen-bond acceptors (Lipinski definition) is 12. The predicted molar refractivity (Wildman–Crippen MR) is 162 cm³/mol. The number of carbonyl (C=O) groups excluding carboxylic acids is 5. The fraction of sp³-hybridized carbons (Fsp3) is 0.788. The maximum absolute atomic E-state index is 13.3. The number of hydrogen-bond donors (Lipinski definition) is 1. The van der Waals surface area contributed by atoms with Crippen molar-refractivity contribution in [1.29, 1.82) is 0 Å². The zero-order chi connectivity index (χ0) is 34.5. The van der Waals surface area contributed by atoms with E-state index in [1.165, 1.54) is 13.8 Å². The number of fused-ring (bicyclic) bond motifs is 3. The summed E-state index contributed by atoms with van der Waals surface area (Å²) >= 11 is 6.88. The molecule has 2 saturated heterocycles.